The Balaban J connectivity index is 2.15. The van der Waals surface area contributed by atoms with Crippen molar-refractivity contribution in [1.82, 2.24) is 0 Å². The monoisotopic (exact) mass is 512 g/mol. The first-order chi connectivity index (χ1) is 16.5. The second kappa shape index (κ2) is 13.9. The summed E-state index contributed by atoms with van der Waals surface area (Å²) in [5, 5.41) is 60.7. The molecule has 2 rings (SSSR count). The minimum absolute atomic E-state index is 0.123. The van der Waals surface area contributed by atoms with Crippen LogP contribution in [-0.2, 0) is 28.4 Å². The van der Waals surface area contributed by atoms with E-state index < -0.39 is 86.6 Å². The fraction of sp³-hybridized carbons (Fsp3) is 1.00. The first-order valence-electron chi connectivity index (χ1n) is 12.2. The van der Waals surface area contributed by atoms with Crippen LogP contribution in [0.2, 0.25) is 0 Å². The van der Waals surface area contributed by atoms with Crippen LogP contribution in [0.15, 0.2) is 0 Å². The molecule has 0 aromatic rings. The van der Waals surface area contributed by atoms with Gasteiger partial charge in [0.05, 0.1) is 38.1 Å². The minimum atomic E-state index is -1.49. The van der Waals surface area contributed by atoms with Crippen molar-refractivity contribution in [2.75, 3.05) is 26.9 Å². The van der Waals surface area contributed by atoms with Crippen molar-refractivity contribution in [3.8, 4) is 0 Å². The summed E-state index contributed by atoms with van der Waals surface area (Å²) in [6.07, 6.45) is -11.9. The van der Waals surface area contributed by atoms with Crippen LogP contribution in [0.4, 0.5) is 0 Å². The lowest BCUT2D eigenvalue weighted by molar-refractivity contribution is -0.321. The largest absolute Gasteiger partial charge is 0.394 e. The Kier molecular flexibility index (Phi) is 12.2. The molecule has 2 saturated heterocycles. The van der Waals surface area contributed by atoms with Gasteiger partial charge in [0, 0.05) is 13.0 Å². The quantitative estimate of drug-likeness (QED) is 0.176. The van der Waals surface area contributed by atoms with E-state index in [4.69, 9.17) is 28.4 Å². The molecule has 0 amide bonds. The van der Waals surface area contributed by atoms with Crippen molar-refractivity contribution in [2.45, 2.75) is 108 Å². The lowest BCUT2D eigenvalue weighted by Gasteiger charge is -2.44. The molecular weight excluding hydrogens is 468 g/mol. The molecule has 0 radical (unpaired) electrons. The van der Waals surface area contributed by atoms with Crippen molar-refractivity contribution in [3.05, 3.63) is 0 Å². The van der Waals surface area contributed by atoms with Crippen molar-refractivity contribution in [1.29, 1.82) is 0 Å². The van der Waals surface area contributed by atoms with E-state index in [1.54, 1.807) is 13.8 Å². The Hall–Kier alpha value is -0.480. The smallest absolute Gasteiger partial charge is 0.186 e. The summed E-state index contributed by atoms with van der Waals surface area (Å²) in [7, 11) is 1.41. The summed E-state index contributed by atoms with van der Waals surface area (Å²) in [4.78, 5) is 0. The summed E-state index contributed by atoms with van der Waals surface area (Å²) in [5.74, 6) is -0.430. The molecule has 208 valence electrons. The summed E-state index contributed by atoms with van der Waals surface area (Å²) >= 11 is 0. The number of aliphatic hydroxyl groups excluding tert-OH is 6. The molecule has 13 atom stereocenters. The number of hydrogen-bond acceptors (Lipinski definition) is 12. The fourth-order valence-electron chi connectivity index (χ4n) is 4.08. The van der Waals surface area contributed by atoms with Gasteiger partial charge in [0.25, 0.3) is 0 Å². The Labute approximate surface area is 206 Å². The van der Waals surface area contributed by atoms with Crippen LogP contribution in [0, 0.1) is 11.8 Å². The Bertz CT molecular complexity index is 607. The second-order valence-electron chi connectivity index (χ2n) is 9.77. The molecule has 0 bridgehead atoms. The molecule has 0 aliphatic carbocycles. The number of ether oxygens (including phenoxy) is 6. The first kappa shape index (κ1) is 30.7. The van der Waals surface area contributed by atoms with Gasteiger partial charge in [-0.25, -0.2) is 0 Å². The van der Waals surface area contributed by atoms with Gasteiger partial charge in [-0.1, -0.05) is 20.8 Å². The van der Waals surface area contributed by atoms with Gasteiger partial charge in [-0.3, -0.25) is 0 Å². The topological polar surface area (TPSA) is 177 Å². The SMILES string of the molecule is CO[C@@H]1C(CO)O[C@@H](O[C@@H](CO)C(CO[C@@H]2O[C@@H](C)[C@@H](O)C(O)C2O)O[C@@H](C)C(C)C)[C@@H](C)C1O. The molecule has 2 fully saturated rings. The maximum absolute atomic E-state index is 10.6. The van der Waals surface area contributed by atoms with E-state index in [2.05, 4.69) is 0 Å². The third-order valence-corrected chi connectivity index (χ3v) is 6.90. The molecule has 6 N–H and O–H groups in total. The zero-order chi connectivity index (χ0) is 26.4. The summed E-state index contributed by atoms with van der Waals surface area (Å²) < 4.78 is 34.4. The van der Waals surface area contributed by atoms with E-state index in [0.717, 1.165) is 0 Å². The van der Waals surface area contributed by atoms with Gasteiger partial charge < -0.3 is 59.1 Å². The summed E-state index contributed by atoms with van der Waals surface area (Å²) in [6, 6.07) is 0. The van der Waals surface area contributed by atoms with Crippen molar-refractivity contribution in [3.63, 3.8) is 0 Å². The van der Waals surface area contributed by atoms with E-state index in [1.807, 2.05) is 20.8 Å². The van der Waals surface area contributed by atoms with Gasteiger partial charge >= 0.3 is 0 Å². The number of rotatable bonds is 12. The lowest BCUT2D eigenvalue weighted by Crippen LogP contribution is -2.59. The van der Waals surface area contributed by atoms with Crippen LogP contribution in [0.1, 0.15) is 34.6 Å². The molecule has 35 heavy (non-hydrogen) atoms. The van der Waals surface area contributed by atoms with Crippen LogP contribution in [0.3, 0.4) is 0 Å². The maximum atomic E-state index is 10.6. The maximum Gasteiger partial charge on any atom is 0.186 e. The van der Waals surface area contributed by atoms with Gasteiger partial charge in [0.1, 0.15) is 42.7 Å². The fourth-order valence-corrected chi connectivity index (χ4v) is 4.08. The Morgan fingerprint density at radius 2 is 1.49 bits per heavy atom. The number of hydrogen-bond donors (Lipinski definition) is 6. The predicted octanol–water partition coefficient (Wildman–Crippen LogP) is -1.63. The Morgan fingerprint density at radius 1 is 0.829 bits per heavy atom. The zero-order valence-corrected chi connectivity index (χ0v) is 21.3. The van der Waals surface area contributed by atoms with Crippen molar-refractivity contribution in [2.24, 2.45) is 11.8 Å². The molecule has 0 aromatic heterocycles. The van der Waals surface area contributed by atoms with Crippen LogP contribution < -0.4 is 0 Å². The second-order valence-corrected chi connectivity index (χ2v) is 9.77. The van der Waals surface area contributed by atoms with Crippen LogP contribution in [0.5, 0.6) is 0 Å². The van der Waals surface area contributed by atoms with Crippen LogP contribution >= 0.6 is 0 Å². The highest BCUT2D eigenvalue weighted by molar-refractivity contribution is 4.90. The van der Waals surface area contributed by atoms with E-state index in [0.29, 0.717) is 0 Å². The average Bonchev–Trinajstić information content (AvgIpc) is 2.83. The highest BCUT2D eigenvalue weighted by atomic mass is 16.7. The molecule has 12 heteroatoms. The molecule has 0 saturated carbocycles. The highest BCUT2D eigenvalue weighted by Crippen LogP contribution is 2.30. The van der Waals surface area contributed by atoms with E-state index in [1.165, 1.54) is 7.11 Å². The molecule has 2 heterocycles. The zero-order valence-electron chi connectivity index (χ0n) is 21.3. The van der Waals surface area contributed by atoms with Gasteiger partial charge in [-0.15, -0.1) is 0 Å². The number of methoxy groups -OCH3 is 1. The predicted molar refractivity (Wildman–Crippen MR) is 121 cm³/mol. The lowest BCUT2D eigenvalue weighted by atomic mass is 9.92. The average molecular weight is 513 g/mol. The third-order valence-electron chi connectivity index (χ3n) is 6.90. The van der Waals surface area contributed by atoms with Crippen molar-refractivity contribution < 1.29 is 59.1 Å². The van der Waals surface area contributed by atoms with Gasteiger partial charge in [-0.05, 0) is 19.8 Å². The minimum Gasteiger partial charge on any atom is -0.394 e. The highest BCUT2D eigenvalue weighted by Gasteiger charge is 2.46. The van der Waals surface area contributed by atoms with Crippen LogP contribution in [0.25, 0.3) is 0 Å². The molecule has 12 nitrogen and oxygen atoms in total. The molecule has 0 spiro atoms. The van der Waals surface area contributed by atoms with E-state index >= 15 is 0 Å². The third kappa shape index (κ3) is 7.53. The van der Waals surface area contributed by atoms with Gasteiger partial charge in [0.15, 0.2) is 12.6 Å². The van der Waals surface area contributed by atoms with Gasteiger partial charge in [-0.2, -0.15) is 0 Å². The number of aliphatic hydroxyl groups is 6. The van der Waals surface area contributed by atoms with Crippen LogP contribution in [-0.4, -0.2) is 131 Å². The molecule has 0 aromatic carbocycles. The van der Waals surface area contributed by atoms with Gasteiger partial charge in [0.2, 0.25) is 0 Å². The molecule has 5 unspecified atom stereocenters. The van der Waals surface area contributed by atoms with E-state index in [-0.39, 0.29) is 18.6 Å². The standard InChI is InChI=1S/C23H44O12/c1-10(2)12(4)32-16(9-31-23-20(29)19(28)18(27)13(5)33-23)14(7-24)34-22-11(3)17(26)21(30-6)15(8-25)35-22/h10-29H,7-9H2,1-6H3/t11-,12-,13-,14-,15?,16?,17?,18+,19?,20?,21+,22+,23+/m0/s1. The normalized spacial score (nSPS) is 41.1. The summed E-state index contributed by atoms with van der Waals surface area (Å²) in [6.45, 7) is 7.96. The van der Waals surface area contributed by atoms with Crippen molar-refractivity contribution >= 4 is 0 Å². The van der Waals surface area contributed by atoms with E-state index in [9.17, 15) is 30.6 Å². The summed E-state index contributed by atoms with van der Waals surface area (Å²) in [5.41, 5.74) is 0. The first-order valence-corrected chi connectivity index (χ1v) is 12.2. The Morgan fingerprint density at radius 3 is 2.03 bits per heavy atom. The molecule has 2 aliphatic heterocycles. The molecular formula is C23H44O12. The molecule has 2 aliphatic rings.